The molecule has 0 saturated carbocycles. The monoisotopic (exact) mass is 474 g/mol. The maximum atomic E-state index is 13.3. The smallest absolute Gasteiger partial charge is 0.256 e. The average molecular weight is 475 g/mol. The molecule has 1 aliphatic rings. The molecule has 32 heavy (non-hydrogen) atoms. The molecule has 1 aromatic heterocycles. The molecule has 2 heterocycles. The van der Waals surface area contributed by atoms with E-state index in [1.54, 1.807) is 6.07 Å². The molecule has 0 unspecified atom stereocenters. The number of nitrogens with two attached hydrogens (primary N) is 1. The van der Waals surface area contributed by atoms with E-state index in [1.807, 2.05) is 29.2 Å². The Morgan fingerprint density at radius 3 is 2.41 bits per heavy atom. The van der Waals surface area contributed by atoms with E-state index < -0.39 is 11.7 Å². The van der Waals surface area contributed by atoms with Gasteiger partial charge in [0.05, 0.1) is 10.6 Å². The minimum absolute atomic E-state index is 0.000101. The first-order chi connectivity index (χ1) is 15.4. The molecular weight excluding hydrogens is 454 g/mol. The third kappa shape index (κ3) is 5.03. The number of nitrogens with one attached hydrogen (secondary N) is 1. The van der Waals surface area contributed by atoms with Crippen LogP contribution in [-0.2, 0) is 6.54 Å². The first-order valence-corrected chi connectivity index (χ1v) is 10.8. The highest BCUT2D eigenvalue weighted by Crippen LogP contribution is 2.22. The Morgan fingerprint density at radius 2 is 1.75 bits per heavy atom. The molecule has 1 aliphatic heterocycles. The van der Waals surface area contributed by atoms with Crippen LogP contribution >= 0.6 is 23.2 Å². The second kappa shape index (κ2) is 9.58. The number of anilines is 3. The van der Waals surface area contributed by atoms with Crippen molar-refractivity contribution in [2.45, 2.75) is 6.54 Å². The number of nitrogen functional groups attached to an aromatic ring is 1. The zero-order valence-electron chi connectivity index (χ0n) is 17.1. The molecule has 7 nitrogen and oxygen atoms in total. The van der Waals surface area contributed by atoms with Crippen LogP contribution in [0.25, 0.3) is 0 Å². The summed E-state index contributed by atoms with van der Waals surface area (Å²) in [7, 11) is 0. The minimum atomic E-state index is -0.510. The van der Waals surface area contributed by atoms with Crippen molar-refractivity contribution < 1.29 is 9.18 Å². The number of rotatable bonds is 5. The summed E-state index contributed by atoms with van der Waals surface area (Å²) in [6.07, 6.45) is 1.43. The number of nitrogens with zero attached hydrogens (tertiary/aromatic N) is 4. The van der Waals surface area contributed by atoms with Gasteiger partial charge in [-0.15, -0.1) is 0 Å². The van der Waals surface area contributed by atoms with Gasteiger partial charge in [-0.2, -0.15) is 4.98 Å². The van der Waals surface area contributed by atoms with Gasteiger partial charge in [0, 0.05) is 49.6 Å². The fourth-order valence-electron chi connectivity index (χ4n) is 3.46. The van der Waals surface area contributed by atoms with Crippen LogP contribution in [-0.4, -0.2) is 42.1 Å². The third-order valence-corrected chi connectivity index (χ3v) is 5.78. The Hall–Kier alpha value is -3.10. The van der Waals surface area contributed by atoms with Crippen molar-refractivity contribution in [3.63, 3.8) is 0 Å². The van der Waals surface area contributed by atoms with E-state index in [0.29, 0.717) is 16.5 Å². The van der Waals surface area contributed by atoms with Crippen LogP contribution in [0.4, 0.5) is 21.8 Å². The van der Waals surface area contributed by atoms with Gasteiger partial charge in [-0.1, -0.05) is 29.3 Å². The molecule has 4 rings (SSSR count). The SMILES string of the molecule is Nc1nc(N2CCN(c3ccc(Cl)cc3)CC2)ncc1C(=O)NCc1ccc(F)c(Cl)c1. The summed E-state index contributed by atoms with van der Waals surface area (Å²) in [4.78, 5) is 25.5. The van der Waals surface area contributed by atoms with Crippen molar-refractivity contribution in [3.8, 4) is 0 Å². The molecule has 166 valence electrons. The van der Waals surface area contributed by atoms with Gasteiger partial charge in [0.25, 0.3) is 5.91 Å². The van der Waals surface area contributed by atoms with E-state index in [9.17, 15) is 9.18 Å². The van der Waals surface area contributed by atoms with Crippen LogP contribution < -0.4 is 20.9 Å². The second-order valence-corrected chi connectivity index (χ2v) is 8.19. The molecule has 3 N–H and O–H groups in total. The predicted octanol–water partition coefficient (Wildman–Crippen LogP) is 3.76. The standard InChI is InChI=1S/C22H21Cl2FN6O/c23-15-2-4-16(5-3-15)30-7-9-31(10-8-30)22-28-13-17(20(26)29-22)21(32)27-12-14-1-6-19(25)18(24)11-14/h1-6,11,13H,7-10,12H2,(H,27,32)(H2,26,28,29). The zero-order valence-corrected chi connectivity index (χ0v) is 18.6. The lowest BCUT2D eigenvalue weighted by Gasteiger charge is -2.36. The Morgan fingerprint density at radius 1 is 1.06 bits per heavy atom. The number of aromatic nitrogens is 2. The number of halogens is 3. The molecule has 0 spiro atoms. The maximum Gasteiger partial charge on any atom is 0.256 e. The number of hydrogen-bond acceptors (Lipinski definition) is 6. The lowest BCUT2D eigenvalue weighted by molar-refractivity contribution is 0.0951. The van der Waals surface area contributed by atoms with Crippen molar-refractivity contribution >= 4 is 46.6 Å². The van der Waals surface area contributed by atoms with E-state index in [-0.39, 0.29) is 22.9 Å². The molecule has 2 aromatic carbocycles. The Balaban J connectivity index is 1.36. The van der Waals surface area contributed by atoms with Gasteiger partial charge in [0.15, 0.2) is 0 Å². The van der Waals surface area contributed by atoms with Gasteiger partial charge in [-0.05, 0) is 42.0 Å². The average Bonchev–Trinajstić information content (AvgIpc) is 2.80. The first kappa shape index (κ1) is 22.1. The number of piperazine rings is 1. The van der Waals surface area contributed by atoms with Gasteiger partial charge in [-0.3, -0.25) is 4.79 Å². The highest BCUT2D eigenvalue weighted by Gasteiger charge is 2.21. The van der Waals surface area contributed by atoms with E-state index in [1.165, 1.54) is 18.3 Å². The molecule has 0 radical (unpaired) electrons. The second-order valence-electron chi connectivity index (χ2n) is 7.35. The van der Waals surface area contributed by atoms with Crippen molar-refractivity contribution in [2.75, 3.05) is 41.7 Å². The highest BCUT2D eigenvalue weighted by molar-refractivity contribution is 6.31. The van der Waals surface area contributed by atoms with E-state index in [2.05, 4.69) is 20.2 Å². The molecule has 0 atom stereocenters. The summed E-state index contributed by atoms with van der Waals surface area (Å²) in [5.74, 6) is -0.337. The normalized spacial score (nSPS) is 13.8. The number of hydrogen-bond donors (Lipinski definition) is 2. The molecule has 10 heteroatoms. The number of benzene rings is 2. The third-order valence-electron chi connectivity index (χ3n) is 5.24. The van der Waals surface area contributed by atoms with E-state index in [0.717, 1.165) is 31.9 Å². The molecule has 0 bridgehead atoms. The molecule has 1 fully saturated rings. The largest absolute Gasteiger partial charge is 0.383 e. The summed E-state index contributed by atoms with van der Waals surface area (Å²) < 4.78 is 13.3. The van der Waals surface area contributed by atoms with Gasteiger partial charge < -0.3 is 20.9 Å². The van der Waals surface area contributed by atoms with Crippen LogP contribution in [0, 0.1) is 5.82 Å². The molecule has 1 saturated heterocycles. The van der Waals surface area contributed by atoms with Crippen molar-refractivity contribution in [3.05, 3.63) is 75.7 Å². The fraction of sp³-hybridized carbons (Fsp3) is 0.227. The Kier molecular flexibility index (Phi) is 6.62. The van der Waals surface area contributed by atoms with Crippen molar-refractivity contribution in [2.24, 2.45) is 0 Å². The van der Waals surface area contributed by atoms with Gasteiger partial charge in [0.2, 0.25) is 5.95 Å². The number of carbonyl (C=O) groups is 1. The quantitative estimate of drug-likeness (QED) is 0.585. The molecular formula is C22H21Cl2FN6O. The summed E-state index contributed by atoms with van der Waals surface area (Å²) in [6, 6.07) is 12.0. The van der Waals surface area contributed by atoms with Crippen LogP contribution in [0.5, 0.6) is 0 Å². The molecule has 1 amide bonds. The lowest BCUT2D eigenvalue weighted by Crippen LogP contribution is -2.47. The lowest BCUT2D eigenvalue weighted by atomic mass is 10.2. The summed E-state index contributed by atoms with van der Waals surface area (Å²) in [6.45, 7) is 3.21. The van der Waals surface area contributed by atoms with Gasteiger partial charge in [-0.25, -0.2) is 9.37 Å². The summed E-state index contributed by atoms with van der Waals surface area (Å²) in [5, 5.41) is 3.43. The van der Waals surface area contributed by atoms with E-state index in [4.69, 9.17) is 28.9 Å². The van der Waals surface area contributed by atoms with Crippen LogP contribution in [0.3, 0.4) is 0 Å². The summed E-state index contributed by atoms with van der Waals surface area (Å²) >= 11 is 11.7. The minimum Gasteiger partial charge on any atom is -0.383 e. The topological polar surface area (TPSA) is 87.4 Å². The Labute approximate surface area is 195 Å². The van der Waals surface area contributed by atoms with Crippen molar-refractivity contribution in [1.82, 2.24) is 15.3 Å². The molecule has 0 aliphatic carbocycles. The Bertz CT molecular complexity index is 1120. The zero-order chi connectivity index (χ0) is 22.7. The number of amides is 1. The van der Waals surface area contributed by atoms with E-state index >= 15 is 0 Å². The predicted molar refractivity (Wildman–Crippen MR) is 125 cm³/mol. The summed E-state index contributed by atoms with van der Waals surface area (Å²) in [5.41, 5.74) is 8.01. The molecule has 3 aromatic rings. The fourth-order valence-corrected chi connectivity index (χ4v) is 3.79. The van der Waals surface area contributed by atoms with Crippen molar-refractivity contribution in [1.29, 1.82) is 0 Å². The van der Waals surface area contributed by atoms with Crippen LogP contribution in [0.1, 0.15) is 15.9 Å². The van der Waals surface area contributed by atoms with Gasteiger partial charge >= 0.3 is 0 Å². The maximum absolute atomic E-state index is 13.3. The highest BCUT2D eigenvalue weighted by atomic mass is 35.5. The first-order valence-electron chi connectivity index (χ1n) is 10.0. The number of carbonyl (C=O) groups excluding carboxylic acids is 1. The van der Waals surface area contributed by atoms with Crippen LogP contribution in [0.2, 0.25) is 10.0 Å². The van der Waals surface area contributed by atoms with Gasteiger partial charge in [0.1, 0.15) is 11.6 Å². The van der Waals surface area contributed by atoms with Crippen LogP contribution in [0.15, 0.2) is 48.7 Å².